The number of benzene rings is 5. The van der Waals surface area contributed by atoms with E-state index in [0.29, 0.717) is 0 Å². The van der Waals surface area contributed by atoms with E-state index in [1.165, 1.54) is 15.6 Å². The van der Waals surface area contributed by atoms with Gasteiger partial charge in [0.05, 0.1) is 0 Å². The van der Waals surface area contributed by atoms with Crippen molar-refractivity contribution < 1.29 is 0 Å². The molecule has 0 amide bonds. The van der Waals surface area contributed by atoms with Gasteiger partial charge in [-0.3, -0.25) is 0 Å². The van der Waals surface area contributed by atoms with Crippen molar-refractivity contribution in [2.75, 3.05) is 0 Å². The quantitative estimate of drug-likeness (QED) is 0.367. The molecule has 0 saturated carbocycles. The SMILES string of the molecule is c1ccc([SiH]2c3ccccc3[Si](c3ccccc3)(c3ccccc3)c3ccccc32)cc1. The molecule has 1 aliphatic heterocycles. The van der Waals surface area contributed by atoms with Gasteiger partial charge in [0.2, 0.25) is 0 Å². The summed E-state index contributed by atoms with van der Waals surface area (Å²) in [6.07, 6.45) is 0. The van der Waals surface area contributed by atoms with Gasteiger partial charge in [0, 0.05) is 0 Å². The maximum atomic E-state index is 2.43. The van der Waals surface area contributed by atoms with Crippen LogP contribution in [0.5, 0.6) is 0 Å². The van der Waals surface area contributed by atoms with E-state index < -0.39 is 16.9 Å². The van der Waals surface area contributed by atoms with Crippen LogP contribution in [0.1, 0.15) is 0 Å². The smallest absolute Gasteiger partial charge is 0.0626 e. The Labute approximate surface area is 192 Å². The second-order valence-electron chi connectivity index (χ2n) is 8.50. The first kappa shape index (κ1) is 19.2. The Balaban J connectivity index is 1.78. The van der Waals surface area contributed by atoms with Crippen molar-refractivity contribution in [1.82, 2.24) is 0 Å². The van der Waals surface area contributed by atoms with E-state index in [2.05, 4.69) is 140 Å². The van der Waals surface area contributed by atoms with Gasteiger partial charge >= 0.3 is 0 Å². The first-order chi connectivity index (χ1) is 15.9. The Morgan fingerprint density at radius 3 is 1.22 bits per heavy atom. The van der Waals surface area contributed by atoms with Crippen LogP contribution in [0.2, 0.25) is 0 Å². The predicted molar refractivity (Wildman–Crippen MR) is 143 cm³/mol. The van der Waals surface area contributed by atoms with Gasteiger partial charge in [0.25, 0.3) is 0 Å². The van der Waals surface area contributed by atoms with Crippen LogP contribution in [-0.2, 0) is 0 Å². The summed E-state index contributed by atoms with van der Waals surface area (Å²) in [4.78, 5) is 0. The molecule has 1 heterocycles. The van der Waals surface area contributed by atoms with Crippen molar-refractivity contribution in [2.24, 2.45) is 0 Å². The van der Waals surface area contributed by atoms with Gasteiger partial charge in [-0.05, 0) is 20.7 Å². The molecule has 0 aromatic heterocycles. The number of rotatable bonds is 3. The van der Waals surface area contributed by atoms with Gasteiger partial charge in [0.15, 0.2) is 8.07 Å². The molecule has 0 saturated heterocycles. The number of hydrogen-bond donors (Lipinski definition) is 0. The summed E-state index contributed by atoms with van der Waals surface area (Å²) >= 11 is 0. The van der Waals surface area contributed by atoms with Crippen LogP contribution in [0.3, 0.4) is 0 Å². The van der Waals surface area contributed by atoms with Gasteiger partial charge in [-0.25, -0.2) is 0 Å². The molecule has 0 unspecified atom stereocenters. The summed E-state index contributed by atoms with van der Waals surface area (Å²) in [7, 11) is -3.99. The fourth-order valence-corrected chi connectivity index (χ4v) is 15.9. The molecule has 32 heavy (non-hydrogen) atoms. The van der Waals surface area contributed by atoms with Crippen molar-refractivity contribution in [1.29, 1.82) is 0 Å². The minimum Gasteiger partial charge on any atom is -0.0626 e. The molecule has 2 heteroatoms. The normalized spacial score (nSPS) is 14.4. The maximum absolute atomic E-state index is 2.43. The molecule has 0 atom stereocenters. The van der Waals surface area contributed by atoms with E-state index in [-0.39, 0.29) is 0 Å². The summed E-state index contributed by atoms with van der Waals surface area (Å²) in [5, 5.41) is 10.7. The van der Waals surface area contributed by atoms with E-state index in [0.717, 1.165) is 0 Å². The van der Waals surface area contributed by atoms with Crippen molar-refractivity contribution >= 4 is 53.2 Å². The second-order valence-corrected chi connectivity index (χ2v) is 15.0. The van der Waals surface area contributed by atoms with Gasteiger partial charge < -0.3 is 0 Å². The standard InChI is InChI=1S/C30H24Si2/c1-4-14-24(15-5-1)31-27-20-10-12-22-29(27)32(25-16-6-2-7-17-25,26-18-8-3-9-19-26)30-23-13-11-21-28(30)31/h1-23,31H. The zero-order valence-electron chi connectivity index (χ0n) is 17.9. The zero-order chi connectivity index (χ0) is 21.4. The average Bonchev–Trinajstić information content (AvgIpc) is 2.89. The molecule has 0 aliphatic carbocycles. The Bertz CT molecular complexity index is 1270. The lowest BCUT2D eigenvalue weighted by Crippen LogP contribution is -2.86. The molecule has 1 aliphatic rings. The predicted octanol–water partition coefficient (Wildman–Crippen LogP) is 1.63. The molecule has 6 rings (SSSR count). The minimum absolute atomic E-state index is 1.46. The van der Waals surface area contributed by atoms with E-state index >= 15 is 0 Å². The van der Waals surface area contributed by atoms with E-state index in [9.17, 15) is 0 Å². The van der Waals surface area contributed by atoms with Crippen LogP contribution < -0.4 is 36.3 Å². The highest BCUT2D eigenvalue weighted by atomic mass is 28.3. The zero-order valence-corrected chi connectivity index (χ0v) is 20.0. The summed E-state index contributed by atoms with van der Waals surface area (Å²) in [5.41, 5.74) is 0. The summed E-state index contributed by atoms with van der Waals surface area (Å²) in [5.74, 6) is 0. The Morgan fingerprint density at radius 1 is 0.375 bits per heavy atom. The van der Waals surface area contributed by atoms with Crippen molar-refractivity contribution in [2.45, 2.75) is 0 Å². The third-order valence-corrected chi connectivity index (χ3v) is 15.7. The lowest BCUT2D eigenvalue weighted by molar-refractivity contribution is 1.66. The number of fused-ring (bicyclic) bond motifs is 2. The van der Waals surface area contributed by atoms with E-state index in [4.69, 9.17) is 0 Å². The Kier molecular flexibility index (Phi) is 4.75. The summed E-state index contributed by atoms with van der Waals surface area (Å²) in [6.45, 7) is 0. The van der Waals surface area contributed by atoms with Gasteiger partial charge in [-0.15, -0.1) is 0 Å². The first-order valence-electron chi connectivity index (χ1n) is 11.3. The Morgan fingerprint density at radius 2 is 0.750 bits per heavy atom. The minimum atomic E-state index is -2.42. The highest BCUT2D eigenvalue weighted by Gasteiger charge is 2.48. The van der Waals surface area contributed by atoms with Crippen molar-refractivity contribution in [3.63, 3.8) is 0 Å². The highest BCUT2D eigenvalue weighted by molar-refractivity contribution is 7.26. The molecule has 5 aromatic carbocycles. The fraction of sp³-hybridized carbons (Fsp3) is 0. The molecule has 5 aromatic rings. The van der Waals surface area contributed by atoms with Crippen LogP contribution in [0.4, 0.5) is 0 Å². The Hall–Kier alpha value is -3.47. The van der Waals surface area contributed by atoms with Gasteiger partial charge in [-0.1, -0.05) is 155 Å². The largest absolute Gasteiger partial charge is 0.179 e. The second kappa shape index (κ2) is 7.90. The molecule has 152 valence electrons. The highest BCUT2D eigenvalue weighted by Crippen LogP contribution is 2.12. The maximum Gasteiger partial charge on any atom is 0.179 e. The molecule has 0 spiro atoms. The third kappa shape index (κ3) is 2.80. The van der Waals surface area contributed by atoms with Gasteiger partial charge in [-0.2, -0.15) is 0 Å². The monoisotopic (exact) mass is 440 g/mol. The van der Waals surface area contributed by atoms with E-state index in [1.54, 1.807) is 20.7 Å². The van der Waals surface area contributed by atoms with E-state index in [1.807, 2.05) is 0 Å². The third-order valence-electron chi connectivity index (χ3n) is 6.90. The average molecular weight is 441 g/mol. The van der Waals surface area contributed by atoms with Crippen LogP contribution in [0, 0.1) is 0 Å². The van der Waals surface area contributed by atoms with Crippen LogP contribution in [0.15, 0.2) is 140 Å². The topological polar surface area (TPSA) is 0 Å². The van der Waals surface area contributed by atoms with Crippen LogP contribution in [0.25, 0.3) is 0 Å². The van der Waals surface area contributed by atoms with Crippen LogP contribution in [-0.4, -0.2) is 16.9 Å². The van der Waals surface area contributed by atoms with Crippen molar-refractivity contribution in [3.8, 4) is 0 Å². The summed E-state index contributed by atoms with van der Waals surface area (Å²) < 4.78 is 0. The fourth-order valence-electron chi connectivity index (χ4n) is 5.66. The lowest BCUT2D eigenvalue weighted by atomic mass is 10.3. The molecular weight excluding hydrogens is 417 g/mol. The van der Waals surface area contributed by atoms with Crippen molar-refractivity contribution in [3.05, 3.63) is 140 Å². The number of hydrogen-bond acceptors (Lipinski definition) is 0. The van der Waals surface area contributed by atoms with Crippen LogP contribution >= 0.6 is 0 Å². The molecule has 0 radical (unpaired) electrons. The molecule has 0 bridgehead atoms. The molecular formula is C30H24Si2. The van der Waals surface area contributed by atoms with Gasteiger partial charge in [0.1, 0.15) is 8.80 Å². The first-order valence-corrected chi connectivity index (χ1v) is 15.0. The lowest BCUT2D eigenvalue weighted by Gasteiger charge is -2.43. The molecule has 0 N–H and O–H groups in total. The summed E-state index contributed by atoms with van der Waals surface area (Å²) in [6, 6.07) is 52.4. The molecule has 0 fully saturated rings. The molecule has 0 nitrogen and oxygen atoms in total.